The second kappa shape index (κ2) is 8.78. The lowest BCUT2D eigenvalue weighted by atomic mass is 10.1. The molecule has 140 valence electrons. The number of nitrogens with zero attached hydrogens (tertiary/aromatic N) is 3. The van der Waals surface area contributed by atoms with Crippen molar-refractivity contribution < 1.29 is 9.32 Å². The zero-order valence-corrected chi connectivity index (χ0v) is 17.1. The molecule has 0 aliphatic heterocycles. The number of thioether (sulfide) groups is 1. The Morgan fingerprint density at radius 3 is 2.70 bits per heavy atom. The van der Waals surface area contributed by atoms with E-state index in [1.54, 1.807) is 24.9 Å². The third kappa shape index (κ3) is 4.83. The van der Waals surface area contributed by atoms with E-state index in [4.69, 9.17) is 27.7 Å². The molecular formula is C19H17Cl2N3O2S. The molecule has 0 saturated heterocycles. The summed E-state index contributed by atoms with van der Waals surface area (Å²) in [7, 11) is 1.74. The van der Waals surface area contributed by atoms with E-state index < -0.39 is 0 Å². The molecule has 0 spiro atoms. The second-order valence-electron chi connectivity index (χ2n) is 5.89. The van der Waals surface area contributed by atoms with E-state index in [1.165, 1.54) is 11.8 Å². The van der Waals surface area contributed by atoms with Gasteiger partial charge in [-0.1, -0.05) is 52.6 Å². The van der Waals surface area contributed by atoms with Crippen LogP contribution in [0.3, 0.4) is 0 Å². The first-order chi connectivity index (χ1) is 13.0. The Hall–Kier alpha value is -2.02. The van der Waals surface area contributed by atoms with Crippen molar-refractivity contribution in [2.75, 3.05) is 7.05 Å². The van der Waals surface area contributed by atoms with E-state index in [-0.39, 0.29) is 5.91 Å². The highest BCUT2D eigenvalue weighted by Gasteiger charge is 2.18. The number of carbonyl (C=O) groups is 1. The lowest BCUT2D eigenvalue weighted by Gasteiger charge is -2.20. The number of hydrogen-bond acceptors (Lipinski definition) is 5. The molecule has 3 aromatic rings. The summed E-state index contributed by atoms with van der Waals surface area (Å²) in [5, 5.41) is 4.82. The summed E-state index contributed by atoms with van der Waals surface area (Å²) < 4.78 is 4.98. The van der Waals surface area contributed by atoms with Crippen molar-refractivity contribution in [2.45, 2.75) is 24.1 Å². The Morgan fingerprint density at radius 2 is 1.96 bits per heavy atom. The summed E-state index contributed by atoms with van der Waals surface area (Å²) >= 11 is 13.8. The molecule has 5 nitrogen and oxygen atoms in total. The molecule has 0 saturated carbocycles. The molecular weight excluding hydrogens is 405 g/mol. The van der Waals surface area contributed by atoms with E-state index in [9.17, 15) is 4.79 Å². The molecule has 1 heterocycles. The molecule has 0 bridgehead atoms. The molecule has 0 fully saturated rings. The number of rotatable bonds is 6. The number of halogens is 2. The van der Waals surface area contributed by atoms with Crippen LogP contribution in [0.1, 0.15) is 27.6 Å². The Balaban J connectivity index is 1.74. The van der Waals surface area contributed by atoms with Crippen LogP contribution < -0.4 is 0 Å². The van der Waals surface area contributed by atoms with Gasteiger partial charge in [0.15, 0.2) is 5.82 Å². The summed E-state index contributed by atoms with van der Waals surface area (Å²) in [6.07, 6.45) is 0. The Labute approximate surface area is 171 Å². The first kappa shape index (κ1) is 19.7. The number of amides is 1. The van der Waals surface area contributed by atoms with Crippen LogP contribution in [0.4, 0.5) is 0 Å². The van der Waals surface area contributed by atoms with Gasteiger partial charge >= 0.3 is 0 Å². The summed E-state index contributed by atoms with van der Waals surface area (Å²) in [6.45, 7) is 2.11. The fourth-order valence-corrected chi connectivity index (χ4v) is 3.78. The van der Waals surface area contributed by atoms with E-state index in [1.807, 2.05) is 36.4 Å². The number of aromatic nitrogens is 2. The highest BCUT2D eigenvalue weighted by atomic mass is 35.5. The minimum atomic E-state index is -0.0987. The molecule has 0 N–H and O–H groups in total. The Morgan fingerprint density at radius 1 is 1.19 bits per heavy atom. The number of aryl methyl sites for hydroxylation is 1. The normalized spacial score (nSPS) is 10.8. The van der Waals surface area contributed by atoms with Gasteiger partial charge in [-0.05, 0) is 23.8 Å². The summed E-state index contributed by atoms with van der Waals surface area (Å²) in [6, 6.07) is 12.9. The predicted molar refractivity (Wildman–Crippen MR) is 107 cm³/mol. The zero-order chi connectivity index (χ0) is 19.4. The Kier molecular flexibility index (Phi) is 6.42. The Bertz CT molecular complexity index is 962. The fourth-order valence-electron chi connectivity index (χ4n) is 2.51. The van der Waals surface area contributed by atoms with Gasteiger partial charge in [-0.25, -0.2) is 0 Å². The minimum absolute atomic E-state index is 0.0987. The van der Waals surface area contributed by atoms with Gasteiger partial charge in [-0.15, -0.1) is 11.8 Å². The minimum Gasteiger partial charge on any atom is -0.340 e. The van der Waals surface area contributed by atoms with Gasteiger partial charge < -0.3 is 9.42 Å². The molecule has 27 heavy (non-hydrogen) atoms. The van der Waals surface area contributed by atoms with E-state index in [0.717, 1.165) is 10.5 Å². The van der Waals surface area contributed by atoms with Gasteiger partial charge in [0.05, 0.1) is 21.4 Å². The molecule has 8 heteroatoms. The SMILES string of the molecule is Cc1nc(CSc2ccccc2C(=O)N(C)Cc2cccc(Cl)c2Cl)no1. The van der Waals surface area contributed by atoms with Crippen LogP contribution in [0, 0.1) is 6.92 Å². The molecule has 0 atom stereocenters. The van der Waals surface area contributed by atoms with Crippen molar-refractivity contribution in [3.05, 3.63) is 75.4 Å². The van der Waals surface area contributed by atoms with Crippen LogP contribution in [-0.2, 0) is 12.3 Å². The summed E-state index contributed by atoms with van der Waals surface area (Å²) in [5.41, 5.74) is 1.41. The van der Waals surface area contributed by atoms with Gasteiger partial charge in [0, 0.05) is 25.4 Å². The van der Waals surface area contributed by atoms with Crippen molar-refractivity contribution >= 4 is 40.9 Å². The number of benzene rings is 2. The van der Waals surface area contributed by atoms with Crippen molar-refractivity contribution in [3.8, 4) is 0 Å². The maximum Gasteiger partial charge on any atom is 0.255 e. The summed E-state index contributed by atoms with van der Waals surface area (Å²) in [5.74, 6) is 1.54. The predicted octanol–water partition coefficient (Wildman–Crippen LogP) is 5.25. The van der Waals surface area contributed by atoms with Crippen LogP contribution in [-0.4, -0.2) is 28.0 Å². The van der Waals surface area contributed by atoms with Gasteiger partial charge in [0.1, 0.15) is 0 Å². The van der Waals surface area contributed by atoms with E-state index >= 15 is 0 Å². The van der Waals surface area contributed by atoms with Gasteiger partial charge in [0.2, 0.25) is 5.89 Å². The van der Waals surface area contributed by atoms with Crippen LogP contribution in [0.15, 0.2) is 51.9 Å². The molecule has 0 aliphatic rings. The first-order valence-electron chi connectivity index (χ1n) is 8.15. The molecule has 0 radical (unpaired) electrons. The number of carbonyl (C=O) groups excluding carboxylic acids is 1. The lowest BCUT2D eigenvalue weighted by molar-refractivity contribution is 0.0781. The molecule has 1 amide bonds. The highest BCUT2D eigenvalue weighted by Crippen LogP contribution is 2.29. The van der Waals surface area contributed by atoms with Gasteiger partial charge in [-0.3, -0.25) is 4.79 Å². The molecule has 3 rings (SSSR count). The largest absolute Gasteiger partial charge is 0.340 e. The van der Waals surface area contributed by atoms with Crippen LogP contribution in [0.25, 0.3) is 0 Å². The maximum atomic E-state index is 13.0. The van der Waals surface area contributed by atoms with Gasteiger partial charge in [-0.2, -0.15) is 4.98 Å². The molecule has 1 aromatic heterocycles. The van der Waals surface area contributed by atoms with E-state index in [0.29, 0.717) is 39.6 Å². The highest BCUT2D eigenvalue weighted by molar-refractivity contribution is 7.98. The van der Waals surface area contributed by atoms with Crippen LogP contribution >= 0.6 is 35.0 Å². The van der Waals surface area contributed by atoms with E-state index in [2.05, 4.69) is 10.1 Å². The monoisotopic (exact) mass is 421 g/mol. The molecule has 2 aromatic carbocycles. The zero-order valence-electron chi connectivity index (χ0n) is 14.8. The van der Waals surface area contributed by atoms with Crippen molar-refractivity contribution in [3.63, 3.8) is 0 Å². The van der Waals surface area contributed by atoms with Crippen molar-refractivity contribution in [1.29, 1.82) is 0 Å². The van der Waals surface area contributed by atoms with Crippen LogP contribution in [0.2, 0.25) is 10.0 Å². The van der Waals surface area contributed by atoms with Crippen molar-refractivity contribution in [1.82, 2.24) is 15.0 Å². The third-order valence-corrected chi connectivity index (χ3v) is 5.76. The number of hydrogen-bond donors (Lipinski definition) is 0. The van der Waals surface area contributed by atoms with Gasteiger partial charge in [0.25, 0.3) is 5.91 Å². The fraction of sp³-hybridized carbons (Fsp3) is 0.211. The van der Waals surface area contributed by atoms with Crippen LogP contribution in [0.5, 0.6) is 0 Å². The molecule has 0 aliphatic carbocycles. The standard InChI is InChI=1S/C19H17Cl2N3O2S/c1-12-22-17(23-26-12)11-27-16-9-4-3-7-14(16)19(25)24(2)10-13-6-5-8-15(20)18(13)21/h3-9H,10-11H2,1-2H3. The topological polar surface area (TPSA) is 59.2 Å². The maximum absolute atomic E-state index is 13.0. The first-order valence-corrected chi connectivity index (χ1v) is 9.89. The van der Waals surface area contributed by atoms with Crippen molar-refractivity contribution in [2.24, 2.45) is 0 Å². The second-order valence-corrected chi connectivity index (χ2v) is 7.69. The summed E-state index contributed by atoms with van der Waals surface area (Å²) in [4.78, 5) is 19.6. The quantitative estimate of drug-likeness (QED) is 0.508. The molecule has 0 unspecified atom stereocenters. The average molecular weight is 422 g/mol. The lowest BCUT2D eigenvalue weighted by Crippen LogP contribution is -2.26. The smallest absolute Gasteiger partial charge is 0.255 e. The third-order valence-electron chi connectivity index (χ3n) is 3.83. The average Bonchev–Trinajstić information content (AvgIpc) is 3.08.